The van der Waals surface area contributed by atoms with Crippen molar-refractivity contribution in [2.24, 2.45) is 0 Å². The van der Waals surface area contributed by atoms with Crippen molar-refractivity contribution in [3.8, 4) is 0 Å². The summed E-state index contributed by atoms with van der Waals surface area (Å²) in [6.07, 6.45) is 0. The lowest BCUT2D eigenvalue weighted by Gasteiger charge is -2.13. The van der Waals surface area contributed by atoms with Gasteiger partial charge in [0.2, 0.25) is 0 Å². The highest BCUT2D eigenvalue weighted by molar-refractivity contribution is 7.10. The molecule has 0 fully saturated rings. The van der Waals surface area contributed by atoms with E-state index in [1.165, 1.54) is 16.0 Å². The van der Waals surface area contributed by atoms with Crippen LogP contribution >= 0.6 is 22.9 Å². The zero-order valence-corrected chi connectivity index (χ0v) is 11.6. The molecule has 1 nitrogen and oxygen atoms in total. The number of hydrogen-bond donors (Lipinski definition) is 1. The third-order valence-electron chi connectivity index (χ3n) is 2.78. The summed E-state index contributed by atoms with van der Waals surface area (Å²) in [5, 5.41) is 6.30. The van der Waals surface area contributed by atoms with Gasteiger partial charge in [-0.25, -0.2) is 0 Å². The van der Waals surface area contributed by atoms with Gasteiger partial charge in [0.05, 0.1) is 5.02 Å². The Labute approximate surface area is 111 Å². The molecule has 0 spiro atoms. The van der Waals surface area contributed by atoms with Crippen molar-refractivity contribution in [2.75, 3.05) is 0 Å². The van der Waals surface area contributed by atoms with Gasteiger partial charge in [-0.05, 0) is 25.5 Å². The first-order valence-electron chi connectivity index (χ1n) is 5.68. The molecule has 1 aromatic carbocycles. The molecule has 0 aliphatic heterocycles. The van der Waals surface area contributed by atoms with Gasteiger partial charge < -0.3 is 5.32 Å². The van der Waals surface area contributed by atoms with E-state index in [2.05, 4.69) is 43.4 Å². The molecule has 0 amide bonds. The van der Waals surface area contributed by atoms with Gasteiger partial charge >= 0.3 is 0 Å². The van der Waals surface area contributed by atoms with Crippen LogP contribution in [0, 0.1) is 6.92 Å². The topological polar surface area (TPSA) is 12.0 Å². The predicted octanol–water partition coefficient (Wildman–Crippen LogP) is 4.56. The summed E-state index contributed by atoms with van der Waals surface area (Å²) < 4.78 is 0. The molecular weight excluding hydrogens is 250 g/mol. The highest BCUT2D eigenvalue weighted by Crippen LogP contribution is 2.20. The number of aryl methyl sites for hydroxylation is 1. The van der Waals surface area contributed by atoms with E-state index in [0.717, 1.165) is 11.6 Å². The Bertz CT molecular complexity index is 475. The molecule has 0 saturated carbocycles. The van der Waals surface area contributed by atoms with Crippen molar-refractivity contribution in [3.05, 3.63) is 56.7 Å². The zero-order valence-electron chi connectivity index (χ0n) is 10.0. The first-order valence-corrected chi connectivity index (χ1v) is 6.94. The number of thiophene rings is 1. The van der Waals surface area contributed by atoms with Gasteiger partial charge in [0, 0.05) is 22.8 Å². The average Bonchev–Trinajstić information content (AvgIpc) is 2.73. The van der Waals surface area contributed by atoms with Crippen LogP contribution in [-0.4, -0.2) is 0 Å². The van der Waals surface area contributed by atoms with Crippen LogP contribution in [0.5, 0.6) is 0 Å². The normalized spacial score (nSPS) is 12.6. The van der Waals surface area contributed by atoms with E-state index in [1.807, 2.05) is 11.4 Å². The molecule has 0 saturated heterocycles. The van der Waals surface area contributed by atoms with E-state index in [0.29, 0.717) is 6.04 Å². The summed E-state index contributed by atoms with van der Waals surface area (Å²) in [5.74, 6) is 0. The van der Waals surface area contributed by atoms with E-state index in [4.69, 9.17) is 11.6 Å². The molecular formula is C14H16ClNS. The van der Waals surface area contributed by atoms with Gasteiger partial charge in [0.1, 0.15) is 0 Å². The van der Waals surface area contributed by atoms with Gasteiger partial charge in [0.25, 0.3) is 0 Å². The fraction of sp³-hybridized carbons (Fsp3) is 0.286. The maximum absolute atomic E-state index is 5.89. The highest BCUT2D eigenvalue weighted by atomic mass is 35.5. The molecule has 0 aliphatic rings. The van der Waals surface area contributed by atoms with Crippen LogP contribution in [0.2, 0.25) is 5.02 Å². The van der Waals surface area contributed by atoms with Crippen molar-refractivity contribution in [3.63, 3.8) is 0 Å². The number of halogens is 1. The van der Waals surface area contributed by atoms with Crippen LogP contribution in [0.3, 0.4) is 0 Å². The van der Waals surface area contributed by atoms with Gasteiger partial charge in [-0.2, -0.15) is 0 Å². The molecule has 1 atom stereocenters. The van der Waals surface area contributed by atoms with E-state index in [1.54, 1.807) is 11.3 Å². The number of benzene rings is 1. The highest BCUT2D eigenvalue weighted by Gasteiger charge is 2.05. The standard InChI is InChI=1S/C14H16ClNS/c1-10-3-5-12(6-4-10)11(2)16-8-14-7-13(15)9-17-14/h3-7,9,11,16H,8H2,1-2H3. The van der Waals surface area contributed by atoms with Crippen LogP contribution < -0.4 is 5.32 Å². The van der Waals surface area contributed by atoms with E-state index in [9.17, 15) is 0 Å². The van der Waals surface area contributed by atoms with Crippen molar-refractivity contribution in [1.29, 1.82) is 0 Å². The summed E-state index contributed by atoms with van der Waals surface area (Å²) in [4.78, 5) is 1.27. The van der Waals surface area contributed by atoms with Gasteiger partial charge in [-0.1, -0.05) is 41.4 Å². The van der Waals surface area contributed by atoms with Crippen molar-refractivity contribution >= 4 is 22.9 Å². The van der Waals surface area contributed by atoms with Crippen LogP contribution in [0.25, 0.3) is 0 Å². The minimum atomic E-state index is 0.358. The summed E-state index contributed by atoms with van der Waals surface area (Å²) >= 11 is 7.59. The summed E-state index contributed by atoms with van der Waals surface area (Å²) in [6, 6.07) is 11.0. The van der Waals surface area contributed by atoms with Crippen molar-refractivity contribution in [1.82, 2.24) is 5.32 Å². The Balaban J connectivity index is 1.93. The van der Waals surface area contributed by atoms with Crippen molar-refractivity contribution < 1.29 is 0 Å². The Morgan fingerprint density at radius 3 is 2.59 bits per heavy atom. The quantitative estimate of drug-likeness (QED) is 0.855. The fourth-order valence-electron chi connectivity index (χ4n) is 1.67. The van der Waals surface area contributed by atoms with Gasteiger partial charge in [0.15, 0.2) is 0 Å². The Kier molecular flexibility index (Phi) is 4.21. The van der Waals surface area contributed by atoms with Crippen LogP contribution in [0.15, 0.2) is 35.7 Å². The van der Waals surface area contributed by atoms with Crippen molar-refractivity contribution in [2.45, 2.75) is 26.4 Å². The third kappa shape index (κ3) is 3.56. The Morgan fingerprint density at radius 2 is 2.00 bits per heavy atom. The summed E-state index contributed by atoms with van der Waals surface area (Å²) in [5.41, 5.74) is 2.62. The first-order chi connectivity index (χ1) is 8.15. The molecule has 2 aromatic rings. The maximum Gasteiger partial charge on any atom is 0.0516 e. The number of nitrogens with one attached hydrogen (secondary N) is 1. The molecule has 0 bridgehead atoms. The molecule has 1 aromatic heterocycles. The SMILES string of the molecule is Cc1ccc(C(C)NCc2cc(Cl)cs2)cc1. The molecule has 1 unspecified atom stereocenters. The molecule has 1 heterocycles. The van der Waals surface area contributed by atoms with Crippen LogP contribution in [0.4, 0.5) is 0 Å². The predicted molar refractivity (Wildman–Crippen MR) is 75.8 cm³/mol. The minimum Gasteiger partial charge on any atom is -0.305 e. The molecule has 90 valence electrons. The second kappa shape index (κ2) is 5.67. The smallest absolute Gasteiger partial charge is 0.0516 e. The van der Waals surface area contributed by atoms with Crippen LogP contribution in [0.1, 0.15) is 29.0 Å². The second-order valence-corrected chi connectivity index (χ2v) is 5.68. The molecule has 1 N–H and O–H groups in total. The van der Waals surface area contributed by atoms with E-state index in [-0.39, 0.29) is 0 Å². The molecule has 3 heteroatoms. The lowest BCUT2D eigenvalue weighted by molar-refractivity contribution is 0.579. The maximum atomic E-state index is 5.89. The van der Waals surface area contributed by atoms with Gasteiger partial charge in [-0.15, -0.1) is 11.3 Å². The lowest BCUT2D eigenvalue weighted by Crippen LogP contribution is -2.17. The molecule has 17 heavy (non-hydrogen) atoms. The summed E-state index contributed by atoms with van der Waals surface area (Å²) in [7, 11) is 0. The molecule has 2 rings (SSSR count). The average molecular weight is 266 g/mol. The number of hydrogen-bond acceptors (Lipinski definition) is 2. The summed E-state index contributed by atoms with van der Waals surface area (Å²) in [6.45, 7) is 5.15. The largest absolute Gasteiger partial charge is 0.305 e. The van der Waals surface area contributed by atoms with E-state index < -0.39 is 0 Å². The van der Waals surface area contributed by atoms with Gasteiger partial charge in [-0.3, -0.25) is 0 Å². The number of rotatable bonds is 4. The zero-order chi connectivity index (χ0) is 12.3. The van der Waals surface area contributed by atoms with Crippen LogP contribution in [-0.2, 0) is 6.54 Å². The minimum absolute atomic E-state index is 0.358. The molecule has 0 aliphatic carbocycles. The Morgan fingerprint density at radius 1 is 1.29 bits per heavy atom. The third-order valence-corrected chi connectivity index (χ3v) is 4.07. The second-order valence-electron chi connectivity index (χ2n) is 4.24. The molecule has 0 radical (unpaired) electrons. The monoisotopic (exact) mass is 265 g/mol. The first kappa shape index (κ1) is 12.6. The Hall–Kier alpha value is -0.830. The fourth-order valence-corrected chi connectivity index (χ4v) is 2.70. The lowest BCUT2D eigenvalue weighted by atomic mass is 10.1. The van der Waals surface area contributed by atoms with E-state index >= 15 is 0 Å².